The topological polar surface area (TPSA) is 113 Å². The second-order valence-electron chi connectivity index (χ2n) is 9.23. The molecule has 2 aromatic rings. The fraction of sp³-hybridized carbons (Fsp3) is 0.385. The van der Waals surface area contributed by atoms with Crippen LogP contribution in [0.5, 0.6) is 5.75 Å². The predicted octanol–water partition coefficient (Wildman–Crippen LogP) is 4.00. The van der Waals surface area contributed by atoms with Gasteiger partial charge in [-0.25, -0.2) is 0 Å². The van der Waals surface area contributed by atoms with Gasteiger partial charge in [0, 0.05) is 24.2 Å². The Kier molecular flexibility index (Phi) is 8.24. The van der Waals surface area contributed by atoms with Gasteiger partial charge in [0.2, 0.25) is 0 Å². The summed E-state index contributed by atoms with van der Waals surface area (Å²) in [5, 5.41) is 22.2. The Morgan fingerprint density at radius 1 is 1.11 bits per heavy atom. The third kappa shape index (κ3) is 6.05. The first-order valence-corrected chi connectivity index (χ1v) is 11.5. The number of aliphatic hydroxyl groups excluding tert-OH is 1. The van der Waals surface area contributed by atoms with Crippen molar-refractivity contribution in [2.24, 2.45) is 5.92 Å². The maximum Gasteiger partial charge on any atom is 0.295 e. The zero-order valence-corrected chi connectivity index (χ0v) is 20.4. The first kappa shape index (κ1) is 25.9. The fourth-order valence-electron chi connectivity index (χ4n) is 3.92. The van der Waals surface area contributed by atoms with Gasteiger partial charge in [-0.3, -0.25) is 19.7 Å². The van der Waals surface area contributed by atoms with Crippen molar-refractivity contribution in [2.75, 3.05) is 33.8 Å². The lowest BCUT2D eigenvalue weighted by molar-refractivity contribution is -0.384. The maximum absolute atomic E-state index is 13.1. The number of nitro benzene ring substituents is 1. The van der Waals surface area contributed by atoms with Crippen LogP contribution in [0.15, 0.2) is 54.1 Å². The van der Waals surface area contributed by atoms with Gasteiger partial charge in [0.25, 0.3) is 17.4 Å². The highest BCUT2D eigenvalue weighted by Crippen LogP contribution is 2.40. The Morgan fingerprint density at radius 2 is 1.74 bits per heavy atom. The lowest BCUT2D eigenvalue weighted by Crippen LogP contribution is -2.32. The molecular formula is C26H31N3O6. The second kappa shape index (κ2) is 11.1. The molecule has 9 nitrogen and oxygen atoms in total. The van der Waals surface area contributed by atoms with Crippen LogP contribution in [0.4, 0.5) is 5.69 Å². The molecule has 35 heavy (non-hydrogen) atoms. The Morgan fingerprint density at radius 3 is 2.29 bits per heavy atom. The van der Waals surface area contributed by atoms with Gasteiger partial charge in [0.15, 0.2) is 0 Å². The monoisotopic (exact) mass is 481 g/mol. The van der Waals surface area contributed by atoms with Crippen LogP contribution in [-0.2, 0) is 9.59 Å². The van der Waals surface area contributed by atoms with E-state index in [2.05, 4.69) is 0 Å². The van der Waals surface area contributed by atoms with E-state index < -0.39 is 22.7 Å². The highest BCUT2D eigenvalue weighted by molar-refractivity contribution is 6.46. The molecule has 186 valence electrons. The molecule has 0 saturated carbocycles. The van der Waals surface area contributed by atoms with Crippen molar-refractivity contribution >= 4 is 23.1 Å². The summed E-state index contributed by atoms with van der Waals surface area (Å²) in [6.45, 7) is 5.62. The number of Topliss-reactive ketones (excluding diaryl/α,β-unsaturated/α-hetero) is 1. The molecule has 1 fully saturated rings. The number of non-ortho nitro benzene ring substituents is 1. The summed E-state index contributed by atoms with van der Waals surface area (Å²) in [7, 11) is 3.83. The van der Waals surface area contributed by atoms with E-state index in [0.717, 1.165) is 0 Å². The quantitative estimate of drug-likeness (QED) is 0.179. The number of benzene rings is 2. The van der Waals surface area contributed by atoms with Gasteiger partial charge >= 0.3 is 0 Å². The number of nitrogens with zero attached hydrogens (tertiary/aromatic N) is 3. The molecule has 1 aliphatic heterocycles. The highest BCUT2D eigenvalue weighted by atomic mass is 16.6. The maximum atomic E-state index is 13.1. The van der Waals surface area contributed by atoms with E-state index in [4.69, 9.17) is 4.74 Å². The van der Waals surface area contributed by atoms with Crippen molar-refractivity contribution in [1.29, 1.82) is 0 Å². The number of hydrogen-bond donors (Lipinski definition) is 1. The number of amides is 1. The van der Waals surface area contributed by atoms with Crippen molar-refractivity contribution in [1.82, 2.24) is 9.80 Å². The number of hydrogen-bond acceptors (Lipinski definition) is 7. The van der Waals surface area contributed by atoms with Gasteiger partial charge in [0.05, 0.1) is 23.1 Å². The molecule has 3 rings (SSSR count). The van der Waals surface area contributed by atoms with E-state index in [1.807, 2.05) is 32.8 Å². The van der Waals surface area contributed by atoms with Gasteiger partial charge in [-0.2, -0.15) is 0 Å². The van der Waals surface area contributed by atoms with Gasteiger partial charge < -0.3 is 19.6 Å². The Hall–Kier alpha value is -3.72. The van der Waals surface area contributed by atoms with Crippen molar-refractivity contribution in [3.8, 4) is 5.75 Å². The summed E-state index contributed by atoms with van der Waals surface area (Å²) in [5.41, 5.74) is 0.748. The molecule has 0 spiro atoms. The SMILES string of the molecule is CC(C)COc1ccc(C(O)=C2C(=O)C(=O)N(CCCN(C)C)C2c2ccc([N+](=O)[O-])cc2)cc1. The highest BCUT2D eigenvalue weighted by Gasteiger charge is 2.45. The van der Waals surface area contributed by atoms with Gasteiger partial charge in [-0.05, 0) is 74.9 Å². The molecular weight excluding hydrogens is 450 g/mol. The van der Waals surface area contributed by atoms with E-state index in [0.29, 0.717) is 48.9 Å². The van der Waals surface area contributed by atoms with Crippen LogP contribution in [0.2, 0.25) is 0 Å². The second-order valence-corrected chi connectivity index (χ2v) is 9.23. The Balaban J connectivity index is 2.01. The number of carbonyl (C=O) groups is 2. The van der Waals surface area contributed by atoms with E-state index in [9.17, 15) is 24.8 Å². The standard InChI is InChI=1S/C26H31N3O6/c1-17(2)16-35-21-12-8-19(9-13-21)24(30)22-23(18-6-10-20(11-7-18)29(33)34)28(26(32)25(22)31)15-5-14-27(3)4/h6-13,17,23,30H,5,14-16H2,1-4H3. The average Bonchev–Trinajstić information content (AvgIpc) is 3.07. The normalized spacial score (nSPS) is 17.4. The van der Waals surface area contributed by atoms with Crippen LogP contribution in [-0.4, -0.2) is 65.3 Å². The number of nitro groups is 1. The lowest BCUT2D eigenvalue weighted by Gasteiger charge is -2.26. The van der Waals surface area contributed by atoms with Gasteiger partial charge in [-0.15, -0.1) is 0 Å². The van der Waals surface area contributed by atoms with E-state index in [1.54, 1.807) is 24.3 Å². The molecule has 0 bridgehead atoms. The summed E-state index contributed by atoms with van der Waals surface area (Å²) in [4.78, 5) is 40.0. The van der Waals surface area contributed by atoms with E-state index in [-0.39, 0.29) is 17.0 Å². The summed E-state index contributed by atoms with van der Waals surface area (Å²) in [5.74, 6) is -0.793. The van der Waals surface area contributed by atoms with Crippen molar-refractivity contribution in [3.63, 3.8) is 0 Å². The van der Waals surface area contributed by atoms with Crippen LogP contribution in [0, 0.1) is 16.0 Å². The third-order valence-corrected chi connectivity index (χ3v) is 5.68. The summed E-state index contributed by atoms with van der Waals surface area (Å²) in [6.07, 6.45) is 0.616. The van der Waals surface area contributed by atoms with Crippen molar-refractivity contribution < 1.29 is 24.4 Å². The minimum atomic E-state index is -0.852. The molecule has 1 atom stereocenters. The minimum absolute atomic E-state index is 0.0374. The molecule has 0 radical (unpaired) electrons. The number of carbonyl (C=O) groups excluding carboxylic acids is 2. The molecule has 1 heterocycles. The van der Waals surface area contributed by atoms with Crippen LogP contribution in [0.1, 0.15) is 37.4 Å². The molecule has 1 amide bonds. The minimum Gasteiger partial charge on any atom is -0.507 e. The number of ketones is 1. The smallest absolute Gasteiger partial charge is 0.295 e. The molecule has 1 unspecified atom stereocenters. The molecule has 0 aliphatic carbocycles. The average molecular weight is 482 g/mol. The molecule has 1 aliphatic rings. The molecule has 9 heteroatoms. The van der Waals surface area contributed by atoms with Gasteiger partial charge in [-0.1, -0.05) is 13.8 Å². The molecule has 1 N–H and O–H groups in total. The number of likely N-dealkylation sites (tertiary alicyclic amines) is 1. The van der Waals surface area contributed by atoms with E-state index in [1.165, 1.54) is 29.2 Å². The number of ether oxygens (including phenoxy) is 1. The van der Waals surface area contributed by atoms with Crippen molar-refractivity contribution in [3.05, 3.63) is 75.3 Å². The molecule has 0 aromatic heterocycles. The zero-order valence-electron chi connectivity index (χ0n) is 20.4. The van der Waals surface area contributed by atoms with Crippen molar-refractivity contribution in [2.45, 2.75) is 26.3 Å². The Bertz CT molecular complexity index is 1110. The van der Waals surface area contributed by atoms with Crippen LogP contribution in [0.25, 0.3) is 5.76 Å². The Labute approximate surface area is 204 Å². The summed E-state index contributed by atoms with van der Waals surface area (Å²) < 4.78 is 5.68. The van der Waals surface area contributed by atoms with E-state index >= 15 is 0 Å². The van der Waals surface area contributed by atoms with Gasteiger partial charge in [0.1, 0.15) is 11.5 Å². The largest absolute Gasteiger partial charge is 0.507 e. The zero-order chi connectivity index (χ0) is 25.7. The summed E-state index contributed by atoms with van der Waals surface area (Å²) in [6, 6.07) is 11.5. The number of rotatable bonds is 10. The number of aliphatic hydroxyl groups is 1. The third-order valence-electron chi connectivity index (χ3n) is 5.68. The first-order valence-electron chi connectivity index (χ1n) is 11.5. The van der Waals surface area contributed by atoms with Crippen LogP contribution >= 0.6 is 0 Å². The summed E-state index contributed by atoms with van der Waals surface area (Å²) >= 11 is 0. The first-order chi connectivity index (χ1) is 16.6. The lowest BCUT2D eigenvalue weighted by atomic mass is 9.95. The van der Waals surface area contributed by atoms with Crippen LogP contribution in [0.3, 0.4) is 0 Å². The molecule has 2 aromatic carbocycles. The molecule has 1 saturated heterocycles. The van der Waals surface area contributed by atoms with Crippen LogP contribution < -0.4 is 4.74 Å². The predicted molar refractivity (Wildman–Crippen MR) is 132 cm³/mol. The fourth-order valence-corrected chi connectivity index (χ4v) is 3.92.